The number of hydrogen-bond donors (Lipinski definition) is 1. The molecule has 0 radical (unpaired) electrons. The van der Waals surface area contributed by atoms with Crippen LogP contribution in [0.4, 0.5) is 0 Å². The summed E-state index contributed by atoms with van der Waals surface area (Å²) in [4.78, 5) is 11.3. The van der Waals surface area contributed by atoms with Crippen LogP contribution in [0.3, 0.4) is 0 Å². The van der Waals surface area contributed by atoms with Crippen LogP contribution in [0, 0.1) is 34.6 Å². The van der Waals surface area contributed by atoms with Crippen molar-refractivity contribution in [1.82, 2.24) is 0 Å². The molecule has 1 N–H and O–H groups in total. The molecule has 22 heavy (non-hydrogen) atoms. The predicted molar refractivity (Wildman–Crippen MR) is 69.6 cm³/mol. The average molecular weight is 295 g/mol. The lowest BCUT2D eigenvalue weighted by atomic mass is 10.0. The van der Waals surface area contributed by atoms with Gasteiger partial charge in [-0.2, -0.15) is 0 Å². The van der Waals surface area contributed by atoms with Gasteiger partial charge >= 0.3 is 5.97 Å². The molecule has 0 aliphatic rings. The first-order valence-corrected chi connectivity index (χ1v) is 5.64. The van der Waals surface area contributed by atoms with Crippen LogP contribution in [-0.2, 0) is 0 Å². The van der Waals surface area contributed by atoms with E-state index in [1.54, 1.807) is 0 Å². The highest BCUT2D eigenvalue weighted by molar-refractivity contribution is 6.07. The van der Waals surface area contributed by atoms with Gasteiger partial charge in [-0.3, -0.25) is 0 Å². The zero-order valence-electron chi connectivity index (χ0n) is 10.7. The van der Waals surface area contributed by atoms with Crippen molar-refractivity contribution < 1.29 is 24.1 Å². The lowest BCUT2D eigenvalue weighted by Gasteiger charge is -2.10. The molecule has 0 fully saturated rings. The molecule has 8 heteroatoms. The third-order valence-electron chi connectivity index (χ3n) is 2.72. The van der Waals surface area contributed by atoms with Crippen LogP contribution in [-0.4, -0.2) is 11.1 Å². The van der Waals surface area contributed by atoms with Gasteiger partial charge in [-0.1, -0.05) is 0 Å². The number of hydrogen-bond acceptors (Lipinski definition) is 7. The predicted octanol–water partition coefficient (Wildman–Crippen LogP) is 2.12. The highest BCUT2D eigenvalue weighted by Gasteiger charge is 2.18. The summed E-state index contributed by atoms with van der Waals surface area (Å²) in [7, 11) is 0. The van der Waals surface area contributed by atoms with E-state index in [1.165, 1.54) is 37.0 Å². The van der Waals surface area contributed by atoms with Crippen molar-refractivity contribution in [3.8, 4) is 36.0 Å². The molecule has 0 spiro atoms. The molecule has 0 saturated carbocycles. The molecule has 0 heterocycles. The van der Waals surface area contributed by atoms with Crippen molar-refractivity contribution in [3.63, 3.8) is 0 Å². The fourth-order valence-electron chi connectivity index (χ4n) is 1.93. The van der Waals surface area contributed by atoms with Crippen LogP contribution >= 0.6 is 0 Å². The summed E-state index contributed by atoms with van der Waals surface area (Å²) in [6, 6.07) is 5.16. The Balaban J connectivity index is 2.87. The Morgan fingerprint density at radius 2 is 1.64 bits per heavy atom. The largest absolute Gasteiger partial charge is 0.478 e. The number of carboxylic acids is 1. The number of aromatic carboxylic acids is 1. The van der Waals surface area contributed by atoms with Crippen molar-refractivity contribution in [3.05, 3.63) is 29.8 Å². The molecule has 0 aliphatic carbocycles. The van der Waals surface area contributed by atoms with Gasteiger partial charge in [0.15, 0.2) is 11.5 Å². The van der Waals surface area contributed by atoms with Crippen LogP contribution in [0.1, 0.15) is 10.4 Å². The second kappa shape index (κ2) is 6.00. The number of nitrogens with zero attached hydrogens (tertiary/aromatic N) is 3. The Kier molecular flexibility index (Phi) is 3.94. The van der Waals surface area contributed by atoms with E-state index in [4.69, 9.17) is 20.5 Å². The Morgan fingerprint density at radius 3 is 2.23 bits per heavy atom. The first-order valence-electron chi connectivity index (χ1n) is 5.64. The third kappa shape index (κ3) is 2.51. The standard InChI is InChI=1S/C14H5N3O5/c15-5-20-8-3-10-9(11(4-8)14(18)19)1-2-12(21-6-16)13(10)22-7-17/h1-4H,(H,18,19). The SMILES string of the molecule is N#COc1cc(C(=O)O)c2ccc(OC#N)c(OC#N)c2c1. The van der Waals surface area contributed by atoms with Gasteiger partial charge in [0, 0.05) is 10.8 Å². The minimum absolute atomic E-state index is 0.0516. The molecule has 2 aromatic carbocycles. The average Bonchev–Trinajstić information content (AvgIpc) is 2.49. The van der Waals surface area contributed by atoms with Crippen molar-refractivity contribution in [2.24, 2.45) is 0 Å². The zero-order valence-corrected chi connectivity index (χ0v) is 10.7. The van der Waals surface area contributed by atoms with Gasteiger partial charge in [0.2, 0.25) is 0 Å². The maximum Gasteiger partial charge on any atom is 0.336 e. The number of carbonyl (C=O) groups is 1. The van der Waals surface area contributed by atoms with Gasteiger partial charge in [0.25, 0.3) is 18.8 Å². The number of ether oxygens (including phenoxy) is 3. The highest BCUT2D eigenvalue weighted by atomic mass is 16.5. The van der Waals surface area contributed by atoms with Crippen LogP contribution in [0.15, 0.2) is 24.3 Å². The minimum atomic E-state index is -1.26. The van der Waals surface area contributed by atoms with Crippen molar-refractivity contribution in [2.75, 3.05) is 0 Å². The molecule has 2 rings (SSSR count). The van der Waals surface area contributed by atoms with Gasteiger partial charge in [-0.25, -0.2) is 4.79 Å². The fraction of sp³-hybridized carbons (Fsp3) is 0. The second-order valence-corrected chi connectivity index (χ2v) is 3.84. The molecule has 0 unspecified atom stereocenters. The van der Waals surface area contributed by atoms with Crippen molar-refractivity contribution >= 4 is 16.7 Å². The quantitative estimate of drug-likeness (QED) is 0.846. The molecule has 0 saturated heterocycles. The monoisotopic (exact) mass is 295 g/mol. The molecule has 2 aromatic rings. The summed E-state index contributed by atoms with van der Waals surface area (Å²) in [5.74, 6) is -1.52. The first kappa shape index (κ1) is 14.4. The lowest BCUT2D eigenvalue weighted by Crippen LogP contribution is -2.00. The Hall–Kier alpha value is -3.96. The molecule has 0 aliphatic heterocycles. The van der Waals surface area contributed by atoms with E-state index < -0.39 is 5.97 Å². The molecule has 8 nitrogen and oxygen atoms in total. The Labute approximate surface area is 123 Å². The summed E-state index contributed by atoms with van der Waals surface area (Å²) in [5, 5.41) is 35.5. The topological polar surface area (TPSA) is 136 Å². The van der Waals surface area contributed by atoms with Crippen molar-refractivity contribution in [1.29, 1.82) is 15.8 Å². The van der Waals surface area contributed by atoms with Crippen LogP contribution in [0.5, 0.6) is 17.2 Å². The molecule has 0 aromatic heterocycles. The molecule has 106 valence electrons. The smallest absolute Gasteiger partial charge is 0.336 e. The van der Waals surface area contributed by atoms with Crippen LogP contribution < -0.4 is 14.2 Å². The van der Waals surface area contributed by atoms with E-state index in [-0.39, 0.29) is 33.6 Å². The van der Waals surface area contributed by atoms with Crippen LogP contribution in [0.2, 0.25) is 0 Å². The number of carboxylic acid groups (broad SMARTS) is 1. The molecule has 0 atom stereocenters. The summed E-state index contributed by atoms with van der Waals surface area (Å²) in [5.41, 5.74) is -0.158. The maximum absolute atomic E-state index is 11.3. The normalized spacial score (nSPS) is 9.14. The molecule has 0 bridgehead atoms. The molecular weight excluding hydrogens is 290 g/mol. The molecule has 0 amide bonds. The van der Waals surface area contributed by atoms with Gasteiger partial charge in [-0.15, -0.1) is 15.8 Å². The lowest BCUT2D eigenvalue weighted by molar-refractivity contribution is 0.0698. The van der Waals surface area contributed by atoms with Gasteiger partial charge < -0.3 is 19.3 Å². The first-order chi connectivity index (χ1) is 10.6. The van der Waals surface area contributed by atoms with E-state index in [0.29, 0.717) is 0 Å². The fourth-order valence-corrected chi connectivity index (χ4v) is 1.93. The second-order valence-electron chi connectivity index (χ2n) is 3.84. The zero-order chi connectivity index (χ0) is 16.1. The summed E-state index contributed by atoms with van der Waals surface area (Å²) >= 11 is 0. The highest BCUT2D eigenvalue weighted by Crippen LogP contribution is 2.39. The summed E-state index contributed by atoms with van der Waals surface area (Å²) < 4.78 is 14.1. The summed E-state index contributed by atoms with van der Waals surface area (Å²) in [6.07, 6.45) is 4.29. The number of nitriles is 3. The Bertz CT molecular complexity index is 886. The minimum Gasteiger partial charge on any atom is -0.478 e. The summed E-state index contributed by atoms with van der Waals surface area (Å²) in [6.45, 7) is 0. The van der Waals surface area contributed by atoms with Gasteiger partial charge in [0.1, 0.15) is 5.75 Å². The van der Waals surface area contributed by atoms with Crippen LogP contribution in [0.25, 0.3) is 10.8 Å². The van der Waals surface area contributed by atoms with E-state index in [2.05, 4.69) is 9.47 Å². The van der Waals surface area contributed by atoms with E-state index in [9.17, 15) is 9.90 Å². The van der Waals surface area contributed by atoms with Gasteiger partial charge in [0.05, 0.1) is 5.56 Å². The number of fused-ring (bicyclic) bond motifs is 1. The molecular formula is C14H5N3O5. The maximum atomic E-state index is 11.3. The number of benzene rings is 2. The van der Waals surface area contributed by atoms with E-state index in [0.717, 1.165) is 6.07 Å². The van der Waals surface area contributed by atoms with Gasteiger partial charge in [-0.05, 0) is 24.3 Å². The van der Waals surface area contributed by atoms with E-state index >= 15 is 0 Å². The van der Waals surface area contributed by atoms with Crippen molar-refractivity contribution in [2.45, 2.75) is 0 Å². The number of rotatable bonds is 4. The third-order valence-corrected chi connectivity index (χ3v) is 2.72. The van der Waals surface area contributed by atoms with E-state index in [1.807, 2.05) is 0 Å². The Morgan fingerprint density at radius 1 is 0.955 bits per heavy atom.